The van der Waals surface area contributed by atoms with Gasteiger partial charge in [0.15, 0.2) is 5.65 Å². The molecule has 6 nitrogen and oxygen atoms in total. The molecule has 1 amide bonds. The van der Waals surface area contributed by atoms with Gasteiger partial charge in [0.25, 0.3) is 5.91 Å². The van der Waals surface area contributed by atoms with Gasteiger partial charge in [0.05, 0.1) is 6.20 Å². The molecule has 0 unspecified atom stereocenters. The van der Waals surface area contributed by atoms with Gasteiger partial charge in [-0.3, -0.25) is 4.79 Å². The van der Waals surface area contributed by atoms with Crippen molar-refractivity contribution in [3.63, 3.8) is 0 Å². The molecule has 0 spiro atoms. The number of benzene rings is 2. The van der Waals surface area contributed by atoms with Crippen molar-refractivity contribution in [2.45, 2.75) is 6.92 Å². The molecule has 5 rings (SSSR count). The fourth-order valence-corrected chi connectivity index (χ4v) is 3.49. The van der Waals surface area contributed by atoms with E-state index in [1.807, 2.05) is 79.3 Å². The molecule has 31 heavy (non-hydrogen) atoms. The van der Waals surface area contributed by atoms with E-state index < -0.39 is 0 Å². The molecule has 3 heterocycles. The molecule has 3 aromatic heterocycles. The zero-order chi connectivity index (χ0) is 21.4. The van der Waals surface area contributed by atoms with Crippen LogP contribution in [0.4, 0.5) is 5.69 Å². The summed E-state index contributed by atoms with van der Waals surface area (Å²) in [6.45, 7) is 1.97. The lowest BCUT2D eigenvalue weighted by atomic mass is 10.0. The van der Waals surface area contributed by atoms with Crippen molar-refractivity contribution in [3.8, 4) is 11.8 Å². The predicted molar refractivity (Wildman–Crippen MR) is 121 cm³/mol. The molecule has 0 aliphatic rings. The van der Waals surface area contributed by atoms with E-state index in [1.54, 1.807) is 16.9 Å². The van der Waals surface area contributed by atoms with Crippen LogP contribution >= 0.6 is 0 Å². The Morgan fingerprint density at radius 2 is 1.97 bits per heavy atom. The molecule has 0 saturated carbocycles. The molecule has 6 heteroatoms. The number of nitrogens with one attached hydrogen (secondary N) is 1. The molecule has 0 aliphatic carbocycles. The number of aryl methyl sites for hydroxylation is 2. The monoisotopic (exact) mass is 405 g/mol. The van der Waals surface area contributed by atoms with Crippen molar-refractivity contribution < 1.29 is 4.79 Å². The average molecular weight is 405 g/mol. The second kappa shape index (κ2) is 7.47. The number of rotatable bonds is 2. The van der Waals surface area contributed by atoms with Gasteiger partial charge in [-0.05, 0) is 66.3 Å². The summed E-state index contributed by atoms with van der Waals surface area (Å²) < 4.78 is 3.72. The number of aromatic nitrogens is 4. The van der Waals surface area contributed by atoms with E-state index in [0.717, 1.165) is 33.4 Å². The van der Waals surface area contributed by atoms with Crippen LogP contribution < -0.4 is 5.32 Å². The Balaban J connectivity index is 1.42. The zero-order valence-corrected chi connectivity index (χ0v) is 17.1. The van der Waals surface area contributed by atoms with Gasteiger partial charge in [0, 0.05) is 41.8 Å². The maximum Gasteiger partial charge on any atom is 0.255 e. The normalized spacial score (nSPS) is 10.8. The molecule has 0 fully saturated rings. The predicted octanol–water partition coefficient (Wildman–Crippen LogP) is 4.18. The topological polar surface area (TPSA) is 64.2 Å². The zero-order valence-electron chi connectivity index (χ0n) is 17.1. The largest absolute Gasteiger partial charge is 0.350 e. The first-order valence-electron chi connectivity index (χ1n) is 9.86. The minimum Gasteiger partial charge on any atom is -0.350 e. The Labute approximate surface area is 179 Å². The first-order chi connectivity index (χ1) is 15.1. The highest BCUT2D eigenvalue weighted by Crippen LogP contribution is 2.20. The maximum absolute atomic E-state index is 12.9. The van der Waals surface area contributed by atoms with E-state index in [9.17, 15) is 4.79 Å². The summed E-state index contributed by atoms with van der Waals surface area (Å²) in [5, 5.41) is 8.40. The van der Waals surface area contributed by atoms with Crippen LogP contribution in [0.15, 0.2) is 73.2 Å². The van der Waals surface area contributed by atoms with Gasteiger partial charge in [-0.2, -0.15) is 5.10 Å². The highest BCUT2D eigenvalue weighted by molar-refractivity contribution is 6.05. The Morgan fingerprint density at radius 3 is 2.87 bits per heavy atom. The number of anilines is 1. The summed E-state index contributed by atoms with van der Waals surface area (Å²) in [4.78, 5) is 17.2. The second-order valence-corrected chi connectivity index (χ2v) is 7.37. The minimum atomic E-state index is -0.173. The van der Waals surface area contributed by atoms with E-state index >= 15 is 0 Å². The SMILES string of the molecule is Cc1ccc(C(=O)Nc2ccc3ccn(C)c3c2)cc1C#Cc1cnc2cccnn12. The molecule has 0 radical (unpaired) electrons. The molecule has 5 aromatic rings. The van der Waals surface area contributed by atoms with Crippen LogP contribution in [0, 0.1) is 18.8 Å². The fraction of sp³-hybridized carbons (Fsp3) is 0.0800. The standard InChI is InChI=1S/C25H19N5O/c1-17-5-6-20(25(31)28-21-9-7-18-11-13-29(2)23(18)15-21)14-19(17)8-10-22-16-26-24-4-3-12-27-30(22)24/h3-7,9,11-16H,1-2H3,(H,28,31). The number of hydrogen-bond acceptors (Lipinski definition) is 3. The van der Waals surface area contributed by atoms with Crippen LogP contribution in [0.5, 0.6) is 0 Å². The van der Waals surface area contributed by atoms with Gasteiger partial charge in [-0.25, -0.2) is 9.50 Å². The van der Waals surface area contributed by atoms with Crippen molar-refractivity contribution in [3.05, 3.63) is 95.6 Å². The highest BCUT2D eigenvalue weighted by Gasteiger charge is 2.09. The summed E-state index contributed by atoms with van der Waals surface area (Å²) in [5.41, 5.74) is 5.59. The van der Waals surface area contributed by atoms with Crippen LogP contribution in [0.25, 0.3) is 16.6 Å². The smallest absolute Gasteiger partial charge is 0.255 e. The molecule has 0 aliphatic heterocycles. The molecule has 1 N–H and O–H groups in total. The molecule has 0 saturated heterocycles. The molecule has 150 valence electrons. The highest BCUT2D eigenvalue weighted by atomic mass is 16.1. The number of imidazole rings is 1. The lowest BCUT2D eigenvalue weighted by Gasteiger charge is -2.08. The number of nitrogens with zero attached hydrogens (tertiary/aromatic N) is 4. The number of carbonyl (C=O) groups is 1. The summed E-state index contributed by atoms with van der Waals surface area (Å²) in [6.07, 6.45) is 5.39. The number of fused-ring (bicyclic) bond motifs is 2. The molecular weight excluding hydrogens is 386 g/mol. The average Bonchev–Trinajstić information content (AvgIpc) is 3.36. The van der Waals surface area contributed by atoms with E-state index in [0.29, 0.717) is 11.3 Å². The van der Waals surface area contributed by atoms with Crippen molar-refractivity contribution in [1.29, 1.82) is 0 Å². The van der Waals surface area contributed by atoms with Crippen molar-refractivity contribution in [2.24, 2.45) is 7.05 Å². The Hall–Kier alpha value is -4.37. The number of hydrogen-bond donors (Lipinski definition) is 1. The molecule has 2 aromatic carbocycles. The van der Waals surface area contributed by atoms with Gasteiger partial charge < -0.3 is 9.88 Å². The molecular formula is C25H19N5O. The first-order valence-corrected chi connectivity index (χ1v) is 9.86. The third kappa shape index (κ3) is 3.53. The Kier molecular flexibility index (Phi) is 4.49. The van der Waals surface area contributed by atoms with Gasteiger partial charge >= 0.3 is 0 Å². The number of amides is 1. The van der Waals surface area contributed by atoms with E-state index in [2.05, 4.69) is 27.2 Å². The number of carbonyl (C=O) groups excluding carboxylic acids is 1. The van der Waals surface area contributed by atoms with Gasteiger partial charge in [0.2, 0.25) is 0 Å². The summed E-state index contributed by atoms with van der Waals surface area (Å²) in [5.74, 6) is 6.11. The summed E-state index contributed by atoms with van der Waals surface area (Å²) >= 11 is 0. The Bertz CT molecular complexity index is 1510. The van der Waals surface area contributed by atoms with Crippen LogP contribution in [-0.4, -0.2) is 25.1 Å². The van der Waals surface area contributed by atoms with E-state index in [-0.39, 0.29) is 5.91 Å². The van der Waals surface area contributed by atoms with Crippen molar-refractivity contribution >= 4 is 28.1 Å². The third-order valence-electron chi connectivity index (χ3n) is 5.25. The summed E-state index contributed by atoms with van der Waals surface area (Å²) in [7, 11) is 1.98. The van der Waals surface area contributed by atoms with Crippen LogP contribution in [0.3, 0.4) is 0 Å². The quantitative estimate of drug-likeness (QED) is 0.448. The van der Waals surface area contributed by atoms with Crippen LogP contribution in [-0.2, 0) is 7.05 Å². The van der Waals surface area contributed by atoms with Crippen molar-refractivity contribution in [2.75, 3.05) is 5.32 Å². The molecule has 0 atom stereocenters. The van der Waals surface area contributed by atoms with Crippen LogP contribution in [0.1, 0.15) is 27.2 Å². The van der Waals surface area contributed by atoms with E-state index in [1.165, 1.54) is 0 Å². The maximum atomic E-state index is 12.9. The second-order valence-electron chi connectivity index (χ2n) is 7.37. The lowest BCUT2D eigenvalue weighted by molar-refractivity contribution is 0.102. The minimum absolute atomic E-state index is 0.173. The Morgan fingerprint density at radius 1 is 1.06 bits per heavy atom. The van der Waals surface area contributed by atoms with Gasteiger partial charge in [0.1, 0.15) is 5.69 Å². The van der Waals surface area contributed by atoms with E-state index in [4.69, 9.17) is 0 Å². The fourth-order valence-electron chi connectivity index (χ4n) is 3.49. The van der Waals surface area contributed by atoms with Crippen molar-refractivity contribution in [1.82, 2.24) is 19.2 Å². The summed E-state index contributed by atoms with van der Waals surface area (Å²) in [6, 6.07) is 17.2. The third-order valence-corrected chi connectivity index (χ3v) is 5.25. The molecule has 0 bridgehead atoms. The van der Waals surface area contributed by atoms with Gasteiger partial charge in [-0.1, -0.05) is 18.1 Å². The van der Waals surface area contributed by atoms with Crippen LogP contribution in [0.2, 0.25) is 0 Å². The first kappa shape index (κ1) is 18.6. The van der Waals surface area contributed by atoms with Gasteiger partial charge in [-0.15, -0.1) is 0 Å². The lowest BCUT2D eigenvalue weighted by Crippen LogP contribution is -2.12.